The number of hydrogen-bond acceptors (Lipinski definition) is 0. The minimum atomic E-state index is 1.05. The molecule has 0 saturated carbocycles. The van der Waals surface area contributed by atoms with E-state index in [0.717, 1.165) is 11.8 Å². The van der Waals surface area contributed by atoms with Crippen molar-refractivity contribution in [3.05, 3.63) is 0 Å². The summed E-state index contributed by atoms with van der Waals surface area (Å²) < 4.78 is 2.51. The maximum atomic E-state index is 2.39. The molecule has 0 aromatic carbocycles. The van der Waals surface area contributed by atoms with Gasteiger partial charge in [-0.3, -0.25) is 0 Å². The van der Waals surface area contributed by atoms with Crippen molar-refractivity contribution in [1.82, 2.24) is 0 Å². The molecule has 0 N–H and O–H groups in total. The van der Waals surface area contributed by atoms with Gasteiger partial charge in [-0.15, -0.1) is 0 Å². The average Bonchev–Trinajstić information content (AvgIpc) is 2.19. The quantitative estimate of drug-likeness (QED) is 0.600. The van der Waals surface area contributed by atoms with Crippen molar-refractivity contribution in [3.8, 4) is 0 Å². The van der Waals surface area contributed by atoms with Crippen molar-refractivity contribution in [1.29, 1.82) is 0 Å². The highest BCUT2D eigenvalue weighted by Crippen LogP contribution is 2.34. The van der Waals surface area contributed by atoms with Gasteiger partial charge < -0.3 is 8.97 Å². The molecule has 16 heavy (non-hydrogen) atoms. The summed E-state index contributed by atoms with van der Waals surface area (Å²) in [5.41, 5.74) is 0. The molecule has 2 aliphatic heterocycles. The summed E-state index contributed by atoms with van der Waals surface area (Å²) in [5, 5.41) is 0. The molecule has 0 spiro atoms. The molecule has 0 atom stereocenters. The molecule has 0 aromatic rings. The first-order valence-electron chi connectivity index (χ1n) is 7.02. The fourth-order valence-electron chi connectivity index (χ4n) is 3.52. The van der Waals surface area contributed by atoms with Crippen molar-refractivity contribution in [2.45, 2.75) is 25.7 Å². The molecule has 2 nitrogen and oxygen atoms in total. The second-order valence-electron chi connectivity index (χ2n) is 7.44. The molecule has 2 fully saturated rings. The van der Waals surface area contributed by atoms with Gasteiger partial charge in [-0.1, -0.05) is 0 Å². The number of piperidine rings is 2. The second-order valence-corrected chi connectivity index (χ2v) is 7.44. The lowest BCUT2D eigenvalue weighted by Crippen LogP contribution is -2.50. The molecule has 0 radical (unpaired) electrons. The number of hydrogen-bond donors (Lipinski definition) is 0. The number of nitrogens with zero attached hydrogens (tertiary/aromatic N) is 2. The van der Waals surface area contributed by atoms with Gasteiger partial charge in [-0.25, -0.2) is 0 Å². The zero-order valence-electron chi connectivity index (χ0n) is 11.7. The Kier molecular flexibility index (Phi) is 3.33. The highest BCUT2D eigenvalue weighted by Gasteiger charge is 2.35. The van der Waals surface area contributed by atoms with Crippen molar-refractivity contribution >= 4 is 0 Å². The maximum Gasteiger partial charge on any atom is 0.0785 e. The van der Waals surface area contributed by atoms with E-state index < -0.39 is 0 Å². The van der Waals surface area contributed by atoms with E-state index in [9.17, 15) is 0 Å². The predicted octanol–water partition coefficient (Wildman–Crippen LogP) is 1.96. The minimum Gasteiger partial charge on any atom is -0.328 e. The van der Waals surface area contributed by atoms with Crippen LogP contribution in [-0.2, 0) is 0 Å². The van der Waals surface area contributed by atoms with E-state index in [4.69, 9.17) is 0 Å². The highest BCUT2D eigenvalue weighted by atomic mass is 15.3. The van der Waals surface area contributed by atoms with Crippen molar-refractivity contribution in [3.63, 3.8) is 0 Å². The first-order valence-corrected chi connectivity index (χ1v) is 7.02. The van der Waals surface area contributed by atoms with Gasteiger partial charge in [0.05, 0.1) is 54.4 Å². The molecule has 0 aliphatic carbocycles. The number of likely N-dealkylation sites (tertiary alicyclic amines) is 2. The maximum absolute atomic E-state index is 2.39. The van der Waals surface area contributed by atoms with E-state index in [2.05, 4.69) is 28.2 Å². The molecule has 0 bridgehead atoms. The molecule has 0 amide bonds. The second kappa shape index (κ2) is 4.30. The summed E-state index contributed by atoms with van der Waals surface area (Å²) >= 11 is 0. The van der Waals surface area contributed by atoms with E-state index in [1.807, 2.05) is 0 Å². The third-order valence-electron chi connectivity index (χ3n) is 5.09. The van der Waals surface area contributed by atoms with Gasteiger partial charge in [0.15, 0.2) is 0 Å². The molecule has 2 aliphatic rings. The van der Waals surface area contributed by atoms with Crippen molar-refractivity contribution < 1.29 is 8.97 Å². The molecular weight excluding hydrogens is 196 g/mol. The van der Waals surface area contributed by atoms with E-state index in [0.29, 0.717) is 0 Å². The average molecular weight is 226 g/mol. The smallest absolute Gasteiger partial charge is 0.0785 e. The van der Waals surface area contributed by atoms with Crippen molar-refractivity contribution in [2.75, 3.05) is 54.4 Å². The van der Waals surface area contributed by atoms with Gasteiger partial charge in [-0.05, 0) is 37.5 Å². The molecule has 0 unspecified atom stereocenters. The fourth-order valence-corrected chi connectivity index (χ4v) is 3.52. The molecular formula is C14H30N2+2. The Hall–Kier alpha value is -0.0800. The SMILES string of the molecule is C[N+]1(C)CCC(C2CC[N+](C)(C)CC2)CC1. The van der Waals surface area contributed by atoms with Gasteiger partial charge in [0.1, 0.15) is 0 Å². The summed E-state index contributed by atoms with van der Waals surface area (Å²) in [6.45, 7) is 5.61. The summed E-state index contributed by atoms with van der Waals surface area (Å²) in [7, 11) is 9.54. The molecule has 94 valence electrons. The van der Waals surface area contributed by atoms with Crippen LogP contribution in [0.15, 0.2) is 0 Å². The molecule has 2 heteroatoms. The third kappa shape index (κ3) is 2.98. The lowest BCUT2D eigenvalue weighted by molar-refractivity contribution is -0.900. The van der Waals surface area contributed by atoms with Crippen LogP contribution in [0, 0.1) is 11.8 Å². The van der Waals surface area contributed by atoms with E-state index in [1.165, 1.54) is 60.8 Å². The van der Waals surface area contributed by atoms with E-state index >= 15 is 0 Å². The zero-order chi connectivity index (χ0) is 11.8. The number of quaternary nitrogens is 2. The Balaban J connectivity index is 1.82. The minimum absolute atomic E-state index is 1.05. The predicted molar refractivity (Wildman–Crippen MR) is 69.1 cm³/mol. The largest absolute Gasteiger partial charge is 0.328 e. The van der Waals surface area contributed by atoms with Crippen LogP contribution in [0.2, 0.25) is 0 Å². The van der Waals surface area contributed by atoms with Crippen molar-refractivity contribution in [2.24, 2.45) is 11.8 Å². The summed E-state index contributed by atoms with van der Waals surface area (Å²) in [4.78, 5) is 0. The lowest BCUT2D eigenvalue weighted by atomic mass is 9.78. The number of rotatable bonds is 1. The highest BCUT2D eigenvalue weighted by molar-refractivity contribution is 4.75. The van der Waals surface area contributed by atoms with Crippen LogP contribution in [0.25, 0.3) is 0 Å². The Morgan fingerprint density at radius 1 is 0.562 bits per heavy atom. The molecule has 2 heterocycles. The first kappa shape index (κ1) is 12.4. The molecule has 0 aromatic heterocycles. The van der Waals surface area contributed by atoms with Gasteiger partial charge in [-0.2, -0.15) is 0 Å². The van der Waals surface area contributed by atoms with Gasteiger partial charge in [0, 0.05) is 0 Å². The Bertz CT molecular complexity index is 199. The normalized spacial score (nSPS) is 31.5. The fraction of sp³-hybridized carbons (Fsp3) is 1.00. The zero-order valence-corrected chi connectivity index (χ0v) is 11.7. The summed E-state index contributed by atoms with van der Waals surface area (Å²) in [5.74, 6) is 2.10. The topological polar surface area (TPSA) is 0 Å². The Morgan fingerprint density at radius 2 is 0.812 bits per heavy atom. The van der Waals surface area contributed by atoms with Gasteiger partial charge in [0.2, 0.25) is 0 Å². The van der Waals surface area contributed by atoms with Crippen LogP contribution >= 0.6 is 0 Å². The Labute approximate surface area is 101 Å². The van der Waals surface area contributed by atoms with Crippen LogP contribution in [0.4, 0.5) is 0 Å². The van der Waals surface area contributed by atoms with E-state index in [-0.39, 0.29) is 0 Å². The van der Waals surface area contributed by atoms with Crippen LogP contribution in [0.3, 0.4) is 0 Å². The summed E-state index contributed by atoms with van der Waals surface area (Å²) in [6, 6.07) is 0. The Morgan fingerprint density at radius 3 is 1.06 bits per heavy atom. The molecule has 2 rings (SSSR count). The van der Waals surface area contributed by atoms with Crippen LogP contribution in [-0.4, -0.2) is 63.3 Å². The van der Waals surface area contributed by atoms with Gasteiger partial charge in [0.25, 0.3) is 0 Å². The van der Waals surface area contributed by atoms with Gasteiger partial charge >= 0.3 is 0 Å². The molecule has 2 saturated heterocycles. The summed E-state index contributed by atoms with van der Waals surface area (Å²) in [6.07, 6.45) is 5.91. The van der Waals surface area contributed by atoms with Crippen LogP contribution in [0.5, 0.6) is 0 Å². The monoisotopic (exact) mass is 226 g/mol. The van der Waals surface area contributed by atoms with Crippen LogP contribution < -0.4 is 0 Å². The lowest BCUT2D eigenvalue weighted by Gasteiger charge is -2.43. The van der Waals surface area contributed by atoms with E-state index in [1.54, 1.807) is 0 Å². The van der Waals surface area contributed by atoms with Crippen LogP contribution in [0.1, 0.15) is 25.7 Å². The third-order valence-corrected chi connectivity index (χ3v) is 5.09. The first-order chi connectivity index (χ1) is 7.38. The standard InChI is InChI=1S/C14H30N2/c1-15(2)9-5-13(6-10-15)14-7-11-16(3,4)12-8-14/h13-14H,5-12H2,1-4H3/q+2.